The summed E-state index contributed by atoms with van der Waals surface area (Å²) >= 11 is 0. The molecule has 2 heterocycles. The standard InChI is InChI=1S/C11H5F6N3/c12-10(13,14)7-5-8(11(15,16)17)20-9(19-7)6-3-1-2-4-18-6/h1-5H. The lowest BCUT2D eigenvalue weighted by Crippen LogP contribution is -2.16. The molecule has 0 aromatic carbocycles. The summed E-state index contributed by atoms with van der Waals surface area (Å²) in [6.07, 6.45) is -8.80. The lowest BCUT2D eigenvalue weighted by Gasteiger charge is -2.11. The molecule has 0 bridgehead atoms. The predicted octanol–water partition coefficient (Wildman–Crippen LogP) is 3.58. The van der Waals surface area contributed by atoms with Crippen LogP contribution in [0.15, 0.2) is 30.5 Å². The van der Waals surface area contributed by atoms with Gasteiger partial charge in [-0.05, 0) is 18.2 Å². The topological polar surface area (TPSA) is 38.7 Å². The van der Waals surface area contributed by atoms with E-state index in [0.29, 0.717) is 0 Å². The number of nitrogens with zero attached hydrogens (tertiary/aromatic N) is 3. The van der Waals surface area contributed by atoms with Gasteiger partial charge >= 0.3 is 12.4 Å². The van der Waals surface area contributed by atoms with Gasteiger partial charge in [0.15, 0.2) is 5.82 Å². The zero-order valence-corrected chi connectivity index (χ0v) is 9.50. The second kappa shape index (κ2) is 4.73. The van der Waals surface area contributed by atoms with Gasteiger partial charge in [-0.25, -0.2) is 9.97 Å². The fraction of sp³-hybridized carbons (Fsp3) is 0.182. The van der Waals surface area contributed by atoms with Crippen LogP contribution in [0.1, 0.15) is 11.4 Å². The lowest BCUT2D eigenvalue weighted by atomic mass is 10.2. The molecule has 3 nitrogen and oxygen atoms in total. The van der Waals surface area contributed by atoms with Crippen LogP contribution in [0.5, 0.6) is 0 Å². The van der Waals surface area contributed by atoms with E-state index < -0.39 is 29.6 Å². The zero-order valence-electron chi connectivity index (χ0n) is 9.50. The van der Waals surface area contributed by atoms with Gasteiger partial charge in [-0.15, -0.1) is 0 Å². The average Bonchev–Trinajstić information content (AvgIpc) is 2.37. The summed E-state index contributed by atoms with van der Waals surface area (Å²) in [6, 6.07) is 3.95. The van der Waals surface area contributed by atoms with Crippen LogP contribution >= 0.6 is 0 Å². The number of rotatable bonds is 1. The SMILES string of the molecule is FC(F)(F)c1cc(C(F)(F)F)nc(-c2ccccn2)n1. The normalized spacial score (nSPS) is 12.5. The zero-order chi connectivity index (χ0) is 15.0. The molecular formula is C11H5F6N3. The highest BCUT2D eigenvalue weighted by molar-refractivity contribution is 5.49. The first-order valence-corrected chi connectivity index (χ1v) is 5.13. The number of hydrogen-bond acceptors (Lipinski definition) is 3. The Morgan fingerprint density at radius 2 is 1.35 bits per heavy atom. The minimum Gasteiger partial charge on any atom is -0.253 e. The molecular weight excluding hydrogens is 288 g/mol. The largest absolute Gasteiger partial charge is 0.433 e. The molecule has 0 atom stereocenters. The van der Waals surface area contributed by atoms with Crippen LogP contribution in [-0.2, 0) is 12.4 Å². The molecule has 0 saturated carbocycles. The van der Waals surface area contributed by atoms with Crippen LogP contribution in [0.25, 0.3) is 11.5 Å². The van der Waals surface area contributed by atoms with Crippen molar-refractivity contribution in [1.82, 2.24) is 15.0 Å². The van der Waals surface area contributed by atoms with Crippen LogP contribution in [0.2, 0.25) is 0 Å². The number of aromatic nitrogens is 3. The summed E-state index contributed by atoms with van der Waals surface area (Å²) in [5.74, 6) is -0.729. The second-order valence-corrected chi connectivity index (χ2v) is 3.67. The van der Waals surface area contributed by atoms with Gasteiger partial charge < -0.3 is 0 Å². The maximum absolute atomic E-state index is 12.6. The molecule has 0 aliphatic heterocycles. The lowest BCUT2D eigenvalue weighted by molar-refractivity contribution is -0.147. The average molecular weight is 293 g/mol. The van der Waals surface area contributed by atoms with Gasteiger partial charge in [-0.3, -0.25) is 4.98 Å². The first kappa shape index (κ1) is 14.2. The first-order valence-electron chi connectivity index (χ1n) is 5.13. The van der Waals surface area contributed by atoms with Crippen LogP contribution in [0.3, 0.4) is 0 Å². The summed E-state index contributed by atoms with van der Waals surface area (Å²) in [4.78, 5) is 9.82. The summed E-state index contributed by atoms with van der Waals surface area (Å²) in [6.45, 7) is 0. The molecule has 0 N–H and O–H groups in total. The van der Waals surface area contributed by atoms with Crippen molar-refractivity contribution in [3.05, 3.63) is 41.9 Å². The molecule has 0 amide bonds. The molecule has 0 radical (unpaired) electrons. The van der Waals surface area contributed by atoms with Gasteiger partial charge in [0, 0.05) is 6.20 Å². The number of hydrogen-bond donors (Lipinski definition) is 0. The maximum atomic E-state index is 12.6. The Morgan fingerprint density at radius 1 is 0.800 bits per heavy atom. The van der Waals surface area contributed by atoms with Crippen molar-refractivity contribution in [1.29, 1.82) is 0 Å². The Morgan fingerprint density at radius 3 is 1.75 bits per heavy atom. The molecule has 2 aromatic heterocycles. The fourth-order valence-corrected chi connectivity index (χ4v) is 1.35. The molecule has 0 aliphatic rings. The molecule has 0 spiro atoms. The molecule has 2 rings (SSSR count). The van der Waals surface area contributed by atoms with E-state index in [-0.39, 0.29) is 11.8 Å². The number of pyridine rings is 1. The smallest absolute Gasteiger partial charge is 0.253 e. The Bertz CT molecular complexity index is 574. The number of halogens is 6. The van der Waals surface area contributed by atoms with E-state index in [2.05, 4.69) is 15.0 Å². The maximum Gasteiger partial charge on any atom is 0.433 e. The predicted molar refractivity (Wildman–Crippen MR) is 55.3 cm³/mol. The van der Waals surface area contributed by atoms with Gasteiger partial charge in [0.25, 0.3) is 0 Å². The number of alkyl halides is 6. The van der Waals surface area contributed by atoms with E-state index >= 15 is 0 Å². The summed E-state index contributed by atoms with van der Waals surface area (Å²) < 4.78 is 75.4. The van der Waals surface area contributed by atoms with E-state index in [9.17, 15) is 26.3 Å². The van der Waals surface area contributed by atoms with Crippen molar-refractivity contribution in [2.45, 2.75) is 12.4 Å². The van der Waals surface area contributed by atoms with Crippen LogP contribution in [0.4, 0.5) is 26.3 Å². The van der Waals surface area contributed by atoms with Crippen molar-refractivity contribution < 1.29 is 26.3 Å². The minimum atomic E-state index is -5.01. The molecule has 0 unspecified atom stereocenters. The molecule has 106 valence electrons. The van der Waals surface area contributed by atoms with Crippen molar-refractivity contribution in [3.8, 4) is 11.5 Å². The fourth-order valence-electron chi connectivity index (χ4n) is 1.35. The minimum absolute atomic E-state index is 0.133. The Balaban J connectivity index is 2.64. The van der Waals surface area contributed by atoms with Crippen molar-refractivity contribution >= 4 is 0 Å². The van der Waals surface area contributed by atoms with Crippen LogP contribution < -0.4 is 0 Å². The Labute approximate surface area is 108 Å². The monoisotopic (exact) mass is 293 g/mol. The first-order chi connectivity index (χ1) is 9.18. The van der Waals surface area contributed by atoms with E-state index in [4.69, 9.17) is 0 Å². The van der Waals surface area contributed by atoms with E-state index in [1.807, 2.05) is 0 Å². The third-order valence-electron chi connectivity index (χ3n) is 2.20. The molecule has 0 aliphatic carbocycles. The van der Waals surface area contributed by atoms with Gasteiger partial charge in [0.2, 0.25) is 0 Å². The van der Waals surface area contributed by atoms with Crippen LogP contribution in [-0.4, -0.2) is 15.0 Å². The Hall–Kier alpha value is -2.19. The highest BCUT2D eigenvalue weighted by Crippen LogP contribution is 2.34. The molecule has 2 aromatic rings. The summed E-state index contributed by atoms with van der Waals surface area (Å²) in [5, 5.41) is 0. The highest BCUT2D eigenvalue weighted by Gasteiger charge is 2.39. The van der Waals surface area contributed by atoms with Crippen molar-refractivity contribution in [2.24, 2.45) is 0 Å². The van der Waals surface area contributed by atoms with E-state index in [0.717, 1.165) is 0 Å². The van der Waals surface area contributed by atoms with Gasteiger partial charge in [0.05, 0.1) is 0 Å². The summed E-state index contributed by atoms with van der Waals surface area (Å²) in [7, 11) is 0. The molecule has 9 heteroatoms. The van der Waals surface area contributed by atoms with Gasteiger partial charge in [-0.1, -0.05) is 6.07 Å². The third-order valence-corrected chi connectivity index (χ3v) is 2.20. The van der Waals surface area contributed by atoms with Crippen molar-refractivity contribution in [2.75, 3.05) is 0 Å². The third kappa shape index (κ3) is 3.03. The van der Waals surface area contributed by atoms with E-state index in [1.54, 1.807) is 0 Å². The summed E-state index contributed by atoms with van der Waals surface area (Å²) in [5.41, 5.74) is -3.51. The van der Waals surface area contributed by atoms with Gasteiger partial charge in [0.1, 0.15) is 17.1 Å². The Kier molecular flexibility index (Phi) is 3.36. The van der Waals surface area contributed by atoms with Crippen molar-refractivity contribution in [3.63, 3.8) is 0 Å². The second-order valence-electron chi connectivity index (χ2n) is 3.67. The molecule has 0 saturated heterocycles. The molecule has 0 fully saturated rings. The van der Waals surface area contributed by atoms with Gasteiger partial charge in [-0.2, -0.15) is 26.3 Å². The van der Waals surface area contributed by atoms with Crippen LogP contribution in [0, 0.1) is 0 Å². The quantitative estimate of drug-likeness (QED) is 0.754. The molecule has 20 heavy (non-hydrogen) atoms. The highest BCUT2D eigenvalue weighted by atomic mass is 19.4. The van der Waals surface area contributed by atoms with E-state index in [1.165, 1.54) is 24.4 Å².